The summed E-state index contributed by atoms with van der Waals surface area (Å²) >= 11 is 0. The first-order valence-electron chi connectivity index (χ1n) is 14.2. The molecule has 2 heterocycles. The molecule has 1 saturated carbocycles. The molecule has 12 nitrogen and oxygen atoms in total. The molecule has 3 fully saturated rings. The number of aromatic hydroxyl groups is 1. The Hall–Kier alpha value is -3.13. The van der Waals surface area contributed by atoms with Gasteiger partial charge in [0.2, 0.25) is 23.6 Å². The molecule has 4 amide bonds. The number of carbonyl (C=O) groups is 5. The Balaban J connectivity index is 1.52. The van der Waals surface area contributed by atoms with Gasteiger partial charge in [-0.15, -0.1) is 0 Å². The van der Waals surface area contributed by atoms with Gasteiger partial charge in [0.15, 0.2) is 6.23 Å². The normalized spacial score (nSPS) is 27.0. The van der Waals surface area contributed by atoms with E-state index in [1.807, 2.05) is 0 Å². The summed E-state index contributed by atoms with van der Waals surface area (Å²) < 4.78 is 4.95. The maximum absolute atomic E-state index is 13.7. The fourth-order valence-electron chi connectivity index (χ4n) is 6.10. The first-order chi connectivity index (χ1) is 20.1. The highest BCUT2D eigenvalue weighted by atomic mass is 33.1. The Bertz CT molecular complexity index is 1160. The second kappa shape index (κ2) is 14.4. The number of phenols is 1. The third-order valence-corrected chi connectivity index (χ3v) is 10.7. The minimum atomic E-state index is -1.50. The summed E-state index contributed by atoms with van der Waals surface area (Å²) in [7, 11) is 2.47. The zero-order valence-corrected chi connectivity index (χ0v) is 25.1. The van der Waals surface area contributed by atoms with Crippen LogP contribution in [-0.4, -0.2) is 87.8 Å². The molecule has 1 aromatic carbocycles. The summed E-state index contributed by atoms with van der Waals surface area (Å²) in [4.78, 5) is 65.7. The van der Waals surface area contributed by atoms with Crippen molar-refractivity contribution in [3.63, 3.8) is 0 Å². The lowest BCUT2D eigenvalue weighted by Crippen LogP contribution is -2.55. The predicted molar refractivity (Wildman–Crippen MR) is 158 cm³/mol. The van der Waals surface area contributed by atoms with Crippen molar-refractivity contribution in [2.45, 2.75) is 76.1 Å². The second-order valence-corrected chi connectivity index (χ2v) is 13.6. The first kappa shape index (κ1) is 31.8. The molecule has 1 aromatic rings. The van der Waals surface area contributed by atoms with Gasteiger partial charge >= 0.3 is 6.16 Å². The smallest absolute Gasteiger partial charge is 0.507 e. The molecule has 1 spiro atoms. The fraction of sp³-hybridized carbons (Fsp3) is 0.607. The lowest BCUT2D eigenvalue weighted by molar-refractivity contribution is -0.138. The second-order valence-electron chi connectivity index (χ2n) is 11.0. The number of nitrogens with zero attached hydrogens (tertiary/aromatic N) is 1. The number of phenolic OH excluding ortho intramolecular Hbond substituents is 1. The van der Waals surface area contributed by atoms with E-state index in [1.54, 1.807) is 12.1 Å². The number of ether oxygens (including phenoxy) is 1. The van der Waals surface area contributed by atoms with E-state index >= 15 is 0 Å². The van der Waals surface area contributed by atoms with E-state index in [1.165, 1.54) is 45.5 Å². The summed E-state index contributed by atoms with van der Waals surface area (Å²) in [5.41, 5.74) is 0.0554. The maximum Gasteiger partial charge on any atom is 0.507 e. The van der Waals surface area contributed by atoms with Crippen molar-refractivity contribution in [1.82, 2.24) is 20.9 Å². The van der Waals surface area contributed by atoms with E-state index in [0.29, 0.717) is 32.2 Å². The monoisotopic (exact) mass is 622 g/mol. The highest BCUT2D eigenvalue weighted by molar-refractivity contribution is 8.76. The molecule has 0 radical (unpaired) electrons. The van der Waals surface area contributed by atoms with Crippen LogP contribution in [-0.2, 0) is 23.9 Å². The third-order valence-electron chi connectivity index (χ3n) is 8.29. The Labute approximate surface area is 252 Å². The maximum atomic E-state index is 13.7. The van der Waals surface area contributed by atoms with Crippen LogP contribution in [0.4, 0.5) is 4.79 Å². The van der Waals surface area contributed by atoms with Crippen LogP contribution in [0, 0.1) is 5.41 Å². The molecule has 4 atom stereocenters. The molecule has 0 bridgehead atoms. The van der Waals surface area contributed by atoms with Crippen LogP contribution in [0.25, 0.3) is 0 Å². The van der Waals surface area contributed by atoms with Crippen LogP contribution in [0.15, 0.2) is 24.3 Å². The first-order valence-corrected chi connectivity index (χ1v) is 16.7. The molecule has 4 rings (SSSR count). The Morgan fingerprint density at radius 3 is 2.40 bits per heavy atom. The average molecular weight is 623 g/mol. The van der Waals surface area contributed by atoms with E-state index in [2.05, 4.69) is 16.0 Å². The summed E-state index contributed by atoms with van der Waals surface area (Å²) in [6, 6.07) is 4.77. The number of hydrogen-bond donors (Lipinski definition) is 5. The van der Waals surface area contributed by atoms with Gasteiger partial charge in [-0.2, -0.15) is 0 Å². The van der Waals surface area contributed by atoms with Gasteiger partial charge < -0.3 is 35.8 Å². The number of benzene rings is 1. The van der Waals surface area contributed by atoms with Crippen molar-refractivity contribution >= 4 is 51.4 Å². The summed E-state index contributed by atoms with van der Waals surface area (Å²) in [6.45, 7) is 2.00. The Morgan fingerprint density at radius 1 is 1.05 bits per heavy atom. The molecule has 0 aromatic heterocycles. The van der Waals surface area contributed by atoms with E-state index in [4.69, 9.17) is 4.74 Å². The highest BCUT2D eigenvalue weighted by Crippen LogP contribution is 2.40. The van der Waals surface area contributed by atoms with Crippen LogP contribution in [0.1, 0.15) is 63.4 Å². The van der Waals surface area contributed by atoms with Crippen molar-refractivity contribution in [2.24, 2.45) is 5.41 Å². The fourth-order valence-corrected chi connectivity index (χ4v) is 8.29. The van der Waals surface area contributed by atoms with Gasteiger partial charge in [-0.05, 0) is 43.4 Å². The zero-order valence-electron chi connectivity index (χ0n) is 23.5. The van der Waals surface area contributed by atoms with Crippen molar-refractivity contribution < 1.29 is 38.9 Å². The van der Waals surface area contributed by atoms with Gasteiger partial charge in [0.1, 0.15) is 17.8 Å². The topological polar surface area (TPSA) is 174 Å². The number of amides is 4. The number of carboxylic acid groups (broad SMARTS) is 1. The highest BCUT2D eigenvalue weighted by Gasteiger charge is 2.43. The minimum absolute atomic E-state index is 0.0966. The van der Waals surface area contributed by atoms with Crippen molar-refractivity contribution in [3.05, 3.63) is 29.8 Å². The Morgan fingerprint density at radius 2 is 1.74 bits per heavy atom. The van der Waals surface area contributed by atoms with Crippen molar-refractivity contribution in [1.29, 1.82) is 0 Å². The standard InChI is InChI=1S/C28H38N4O8S2/c1-17(33)32-14-9-20(18-5-7-19(34)8-6-18)23(32)25(36)30-21-15-41-42-16-22(40-27(38)39)31-26(37)28(10-3-2-4-11-28)12-13-29-24(21)35/h5-8,20-23,34H,2-4,9-16H2,1H3,(H,29,35)(H,30,36)(H,31,37)(H,38,39)/t20-,21+,22-,23+/m1/s1. The SMILES string of the molecule is CC(=O)N1CC[C@H](c2ccc(O)cc2)[C@H]1C(=O)N[C@H]1CSSC[C@@H](OC(=O)O)NC(=O)C2(CCCCC2)CCNC1=O. The molecular formula is C28H38N4O8S2. The quantitative estimate of drug-likeness (QED) is 0.248. The molecule has 2 saturated heterocycles. The number of nitrogens with one attached hydrogen (secondary N) is 3. The molecule has 3 aliphatic rings. The van der Waals surface area contributed by atoms with Crippen LogP contribution in [0.5, 0.6) is 5.75 Å². The number of hydrogen-bond acceptors (Lipinski definition) is 9. The van der Waals surface area contributed by atoms with Gasteiger partial charge in [0.05, 0.1) is 11.2 Å². The van der Waals surface area contributed by atoms with E-state index in [9.17, 15) is 34.2 Å². The van der Waals surface area contributed by atoms with Gasteiger partial charge in [0, 0.05) is 31.7 Å². The summed E-state index contributed by atoms with van der Waals surface area (Å²) in [5.74, 6) is -1.31. The molecule has 1 aliphatic carbocycles. The van der Waals surface area contributed by atoms with E-state index < -0.39 is 41.7 Å². The predicted octanol–water partition coefficient (Wildman–Crippen LogP) is 2.57. The third kappa shape index (κ3) is 7.82. The van der Waals surface area contributed by atoms with Crippen LogP contribution < -0.4 is 16.0 Å². The van der Waals surface area contributed by atoms with E-state index in [-0.39, 0.29) is 41.5 Å². The molecule has 5 N–H and O–H groups in total. The van der Waals surface area contributed by atoms with Gasteiger partial charge in [-0.25, -0.2) is 4.79 Å². The lowest BCUT2D eigenvalue weighted by Gasteiger charge is -2.37. The lowest BCUT2D eigenvalue weighted by atomic mass is 9.71. The van der Waals surface area contributed by atoms with Gasteiger partial charge in [0.25, 0.3) is 0 Å². The molecule has 42 heavy (non-hydrogen) atoms. The summed E-state index contributed by atoms with van der Waals surface area (Å²) in [5, 5.41) is 27.4. The van der Waals surface area contributed by atoms with Crippen molar-refractivity contribution in [2.75, 3.05) is 24.6 Å². The Kier molecular flexibility index (Phi) is 10.9. The number of likely N-dealkylation sites (tertiary alicyclic amines) is 1. The van der Waals surface area contributed by atoms with Crippen molar-refractivity contribution in [3.8, 4) is 5.75 Å². The molecule has 14 heteroatoms. The van der Waals surface area contributed by atoms with Gasteiger partial charge in [-0.3, -0.25) is 19.2 Å². The van der Waals surface area contributed by atoms with E-state index in [0.717, 1.165) is 24.8 Å². The average Bonchev–Trinajstić information content (AvgIpc) is 3.40. The molecule has 2 aliphatic heterocycles. The summed E-state index contributed by atoms with van der Waals surface area (Å²) in [6.07, 6.45) is 2.32. The number of rotatable bonds is 4. The molecule has 230 valence electrons. The van der Waals surface area contributed by atoms with Crippen LogP contribution >= 0.6 is 21.6 Å². The largest absolute Gasteiger partial charge is 0.508 e. The zero-order chi connectivity index (χ0) is 30.3. The number of carbonyl (C=O) groups excluding carboxylic acids is 4. The molecular weight excluding hydrogens is 584 g/mol. The minimum Gasteiger partial charge on any atom is -0.508 e. The van der Waals surface area contributed by atoms with Gasteiger partial charge in [-0.1, -0.05) is 53.0 Å². The van der Waals surface area contributed by atoms with Crippen LogP contribution in [0.3, 0.4) is 0 Å². The molecule has 0 unspecified atom stereocenters. The van der Waals surface area contributed by atoms with Crippen LogP contribution in [0.2, 0.25) is 0 Å².